The Morgan fingerprint density at radius 1 is 1.35 bits per heavy atom. The minimum absolute atomic E-state index is 0.0840. The fourth-order valence-electron chi connectivity index (χ4n) is 1.47. The number of hydrogen-bond acceptors (Lipinski definition) is 4. The fraction of sp³-hybridized carbons (Fsp3) is 0.462. The number of methoxy groups -OCH3 is 1. The van der Waals surface area contributed by atoms with Crippen LogP contribution in [0.5, 0.6) is 5.75 Å². The van der Waals surface area contributed by atoms with E-state index in [1.165, 1.54) is 0 Å². The van der Waals surface area contributed by atoms with E-state index in [-0.39, 0.29) is 6.61 Å². The lowest BCUT2D eigenvalue weighted by molar-refractivity contribution is 0.194. The Morgan fingerprint density at radius 2 is 2.18 bits per heavy atom. The molecule has 0 aromatic heterocycles. The minimum Gasteiger partial charge on any atom is -0.478 e. The number of rotatable bonds is 8. The number of ether oxygens (including phenoxy) is 2. The zero-order chi connectivity index (χ0) is 12.3. The first-order valence-corrected chi connectivity index (χ1v) is 5.65. The minimum atomic E-state index is 0.0840. The lowest BCUT2D eigenvalue weighted by Gasteiger charge is -2.10. The van der Waals surface area contributed by atoms with Gasteiger partial charge in [-0.2, -0.15) is 5.26 Å². The molecule has 0 aliphatic carbocycles. The van der Waals surface area contributed by atoms with Crippen LogP contribution in [0, 0.1) is 11.3 Å². The number of nitriles is 1. The van der Waals surface area contributed by atoms with Crippen LogP contribution in [0.2, 0.25) is 0 Å². The molecule has 0 saturated carbocycles. The van der Waals surface area contributed by atoms with Gasteiger partial charge in [0.05, 0.1) is 0 Å². The van der Waals surface area contributed by atoms with E-state index in [0.717, 1.165) is 37.4 Å². The number of nitrogens with one attached hydrogen (secondary N) is 1. The number of hydrogen-bond donors (Lipinski definition) is 1. The SMILES string of the molecule is COCCCNCc1ccccc1OCC#N. The molecule has 0 spiro atoms. The van der Waals surface area contributed by atoms with Gasteiger partial charge in [0.25, 0.3) is 0 Å². The summed E-state index contributed by atoms with van der Waals surface area (Å²) >= 11 is 0. The van der Waals surface area contributed by atoms with Crippen molar-refractivity contribution in [2.24, 2.45) is 0 Å². The van der Waals surface area contributed by atoms with Gasteiger partial charge in [-0.25, -0.2) is 0 Å². The predicted molar refractivity (Wildman–Crippen MR) is 65.7 cm³/mol. The monoisotopic (exact) mass is 234 g/mol. The van der Waals surface area contributed by atoms with Crippen LogP contribution in [-0.4, -0.2) is 26.9 Å². The summed E-state index contributed by atoms with van der Waals surface area (Å²) in [6.07, 6.45) is 0.984. The average Bonchev–Trinajstić information content (AvgIpc) is 2.37. The van der Waals surface area contributed by atoms with Crippen molar-refractivity contribution < 1.29 is 9.47 Å². The Bertz CT molecular complexity index is 361. The van der Waals surface area contributed by atoms with Gasteiger partial charge in [-0.3, -0.25) is 0 Å². The van der Waals surface area contributed by atoms with Crippen LogP contribution < -0.4 is 10.1 Å². The molecule has 0 saturated heterocycles. The normalized spacial score (nSPS) is 9.88. The zero-order valence-corrected chi connectivity index (χ0v) is 10.1. The Kier molecular flexibility index (Phi) is 6.80. The number of nitrogens with zero attached hydrogens (tertiary/aromatic N) is 1. The lowest BCUT2D eigenvalue weighted by atomic mass is 10.2. The second-order valence-electron chi connectivity index (χ2n) is 3.58. The van der Waals surface area contributed by atoms with Crippen LogP contribution in [-0.2, 0) is 11.3 Å². The van der Waals surface area contributed by atoms with E-state index in [9.17, 15) is 0 Å². The van der Waals surface area contributed by atoms with Crippen molar-refractivity contribution in [3.63, 3.8) is 0 Å². The second-order valence-corrected chi connectivity index (χ2v) is 3.58. The van der Waals surface area contributed by atoms with E-state index >= 15 is 0 Å². The van der Waals surface area contributed by atoms with Crippen molar-refractivity contribution in [3.05, 3.63) is 29.8 Å². The van der Waals surface area contributed by atoms with E-state index in [2.05, 4.69) is 5.32 Å². The summed E-state index contributed by atoms with van der Waals surface area (Å²) in [5.74, 6) is 0.772. The van der Waals surface area contributed by atoms with Crippen molar-refractivity contribution in [2.45, 2.75) is 13.0 Å². The van der Waals surface area contributed by atoms with Crippen LogP contribution >= 0.6 is 0 Å². The van der Waals surface area contributed by atoms with E-state index in [1.54, 1.807) is 7.11 Å². The molecule has 0 atom stereocenters. The van der Waals surface area contributed by atoms with Gasteiger partial charge >= 0.3 is 0 Å². The summed E-state index contributed by atoms with van der Waals surface area (Å²) in [6.45, 7) is 2.49. The molecule has 0 unspecified atom stereocenters. The van der Waals surface area contributed by atoms with Gasteiger partial charge < -0.3 is 14.8 Å². The molecule has 0 fully saturated rings. The standard InChI is InChI=1S/C13H18N2O2/c1-16-9-4-8-15-11-12-5-2-3-6-13(12)17-10-7-14/h2-3,5-6,15H,4,8-11H2,1H3. The van der Waals surface area contributed by atoms with Gasteiger partial charge in [0.1, 0.15) is 11.8 Å². The Balaban J connectivity index is 2.38. The third-order valence-corrected chi connectivity index (χ3v) is 2.28. The Hall–Kier alpha value is -1.57. The molecule has 0 radical (unpaired) electrons. The van der Waals surface area contributed by atoms with Gasteiger partial charge in [0.15, 0.2) is 6.61 Å². The van der Waals surface area contributed by atoms with E-state index < -0.39 is 0 Å². The van der Waals surface area contributed by atoms with Crippen LogP contribution in [0.15, 0.2) is 24.3 Å². The molecule has 1 N–H and O–H groups in total. The molecule has 4 heteroatoms. The van der Waals surface area contributed by atoms with Gasteiger partial charge in [-0.15, -0.1) is 0 Å². The number of benzene rings is 1. The summed E-state index contributed by atoms with van der Waals surface area (Å²) in [4.78, 5) is 0. The quantitative estimate of drug-likeness (QED) is 0.696. The molecule has 1 aromatic carbocycles. The highest BCUT2D eigenvalue weighted by atomic mass is 16.5. The molecule has 92 valence electrons. The zero-order valence-electron chi connectivity index (χ0n) is 10.1. The topological polar surface area (TPSA) is 54.3 Å². The highest BCUT2D eigenvalue weighted by Crippen LogP contribution is 2.17. The maximum absolute atomic E-state index is 8.49. The summed E-state index contributed by atoms with van der Waals surface area (Å²) in [5, 5.41) is 11.8. The fourth-order valence-corrected chi connectivity index (χ4v) is 1.47. The van der Waals surface area contributed by atoms with Crippen LogP contribution in [0.3, 0.4) is 0 Å². The maximum Gasteiger partial charge on any atom is 0.174 e. The molecule has 1 rings (SSSR count). The molecule has 0 heterocycles. The molecular formula is C13H18N2O2. The van der Waals surface area contributed by atoms with E-state index in [1.807, 2.05) is 30.3 Å². The van der Waals surface area contributed by atoms with Gasteiger partial charge in [-0.1, -0.05) is 18.2 Å². The molecule has 0 aliphatic rings. The summed E-state index contributed by atoms with van der Waals surface area (Å²) in [5.41, 5.74) is 1.07. The smallest absolute Gasteiger partial charge is 0.174 e. The highest BCUT2D eigenvalue weighted by Gasteiger charge is 2.01. The van der Waals surface area contributed by atoms with Gasteiger partial charge in [0, 0.05) is 25.8 Å². The molecule has 0 bridgehead atoms. The highest BCUT2D eigenvalue weighted by molar-refractivity contribution is 5.33. The van der Waals surface area contributed by atoms with E-state index in [0.29, 0.717) is 0 Å². The van der Waals surface area contributed by atoms with Crippen LogP contribution in [0.1, 0.15) is 12.0 Å². The summed E-state index contributed by atoms with van der Waals surface area (Å²) < 4.78 is 10.3. The predicted octanol–water partition coefficient (Wildman–Crippen LogP) is 1.72. The lowest BCUT2D eigenvalue weighted by Crippen LogP contribution is -2.16. The largest absolute Gasteiger partial charge is 0.478 e. The molecule has 0 amide bonds. The second kappa shape index (κ2) is 8.57. The maximum atomic E-state index is 8.49. The first-order chi connectivity index (χ1) is 8.38. The van der Waals surface area contributed by atoms with Crippen LogP contribution in [0.4, 0.5) is 0 Å². The summed E-state index contributed by atoms with van der Waals surface area (Å²) in [7, 11) is 1.70. The Morgan fingerprint density at radius 3 is 2.94 bits per heavy atom. The van der Waals surface area contributed by atoms with E-state index in [4.69, 9.17) is 14.7 Å². The molecule has 0 aliphatic heterocycles. The average molecular weight is 234 g/mol. The van der Waals surface area contributed by atoms with Crippen molar-refractivity contribution in [2.75, 3.05) is 26.9 Å². The third-order valence-electron chi connectivity index (χ3n) is 2.28. The first kappa shape index (κ1) is 13.5. The number of para-hydroxylation sites is 1. The van der Waals surface area contributed by atoms with Crippen molar-refractivity contribution >= 4 is 0 Å². The van der Waals surface area contributed by atoms with Crippen molar-refractivity contribution in [1.82, 2.24) is 5.32 Å². The molecule has 1 aromatic rings. The van der Waals surface area contributed by atoms with Crippen molar-refractivity contribution in [3.8, 4) is 11.8 Å². The Labute approximate surface area is 102 Å². The van der Waals surface area contributed by atoms with Gasteiger partial charge in [-0.05, 0) is 19.0 Å². The van der Waals surface area contributed by atoms with Crippen LogP contribution in [0.25, 0.3) is 0 Å². The molecule has 4 nitrogen and oxygen atoms in total. The molecular weight excluding hydrogens is 216 g/mol. The third kappa shape index (κ3) is 5.34. The summed E-state index contributed by atoms with van der Waals surface area (Å²) in [6, 6.07) is 9.71. The van der Waals surface area contributed by atoms with Gasteiger partial charge in [0.2, 0.25) is 0 Å². The molecule has 17 heavy (non-hydrogen) atoms. The first-order valence-electron chi connectivity index (χ1n) is 5.65. The van der Waals surface area contributed by atoms with Crippen molar-refractivity contribution in [1.29, 1.82) is 5.26 Å².